The van der Waals surface area contributed by atoms with Crippen LogP contribution in [0, 0.1) is 16.2 Å². The highest BCUT2D eigenvalue weighted by molar-refractivity contribution is 7.85. The minimum atomic E-state index is -3.71. The molecule has 0 amide bonds. The van der Waals surface area contributed by atoms with Gasteiger partial charge < -0.3 is 10.8 Å². The molecule has 1 atom stereocenters. The van der Waals surface area contributed by atoms with E-state index in [-0.39, 0.29) is 23.6 Å². The van der Waals surface area contributed by atoms with Crippen molar-refractivity contribution in [2.45, 2.75) is 40.4 Å². The normalized spacial score (nSPS) is 14.0. The van der Waals surface area contributed by atoms with E-state index in [1.54, 1.807) is 31.2 Å². The van der Waals surface area contributed by atoms with Crippen molar-refractivity contribution in [2.75, 3.05) is 6.61 Å². The molecular formula is C17H28N2O5S. The predicted molar refractivity (Wildman–Crippen MR) is 97.8 cm³/mol. The summed E-state index contributed by atoms with van der Waals surface area (Å²) in [7, 11) is -3.71. The van der Waals surface area contributed by atoms with Crippen LogP contribution in [0.25, 0.3) is 0 Å². The van der Waals surface area contributed by atoms with E-state index in [2.05, 4.69) is 0 Å². The molecule has 0 heterocycles. The molecule has 1 rings (SSSR count). The summed E-state index contributed by atoms with van der Waals surface area (Å²) in [6.45, 7) is 8.40. The first kappa shape index (κ1) is 23.1. The number of carboxylic acid groups (broad SMARTS) is 1. The molecular weight excluding hydrogens is 344 g/mol. The summed E-state index contributed by atoms with van der Waals surface area (Å²) in [5, 5.41) is 15.2. The van der Waals surface area contributed by atoms with Gasteiger partial charge in [0, 0.05) is 6.92 Å². The Morgan fingerprint density at radius 3 is 2.00 bits per heavy atom. The number of aliphatic carboxylic acids is 1. The topological polar surface area (TPSA) is 131 Å². The molecule has 7 nitrogen and oxygen atoms in total. The SMILES string of the molecule is CC(=O)O.CC(C)(C)C(C)(COS(=O)(=O)Cc1ccccc1)C(=N)N. The number of nitrogens with two attached hydrogens (primary N) is 1. The lowest BCUT2D eigenvalue weighted by Crippen LogP contribution is -2.48. The highest BCUT2D eigenvalue weighted by Gasteiger charge is 2.42. The van der Waals surface area contributed by atoms with Gasteiger partial charge >= 0.3 is 0 Å². The molecule has 8 heteroatoms. The number of benzene rings is 1. The van der Waals surface area contributed by atoms with Crippen molar-refractivity contribution in [1.82, 2.24) is 0 Å². The van der Waals surface area contributed by atoms with Crippen molar-refractivity contribution in [2.24, 2.45) is 16.6 Å². The molecule has 0 aromatic heterocycles. The van der Waals surface area contributed by atoms with Crippen molar-refractivity contribution < 1.29 is 22.5 Å². The van der Waals surface area contributed by atoms with Crippen LogP contribution in [0.3, 0.4) is 0 Å². The summed E-state index contributed by atoms with van der Waals surface area (Å²) in [4.78, 5) is 9.00. The van der Waals surface area contributed by atoms with Gasteiger partial charge in [0.1, 0.15) is 5.75 Å². The summed E-state index contributed by atoms with van der Waals surface area (Å²) in [6, 6.07) is 8.84. The molecule has 0 spiro atoms. The largest absolute Gasteiger partial charge is 0.481 e. The maximum Gasteiger partial charge on any atom is 0.300 e. The molecule has 0 saturated heterocycles. The van der Waals surface area contributed by atoms with Crippen LogP contribution in [0.1, 0.15) is 40.2 Å². The summed E-state index contributed by atoms with van der Waals surface area (Å²) in [5.41, 5.74) is 5.07. The van der Waals surface area contributed by atoms with Crippen LogP contribution in [-0.4, -0.2) is 31.9 Å². The zero-order valence-corrected chi connectivity index (χ0v) is 16.2. The van der Waals surface area contributed by atoms with Crippen LogP contribution < -0.4 is 5.73 Å². The van der Waals surface area contributed by atoms with Gasteiger partial charge in [0.15, 0.2) is 0 Å². The fourth-order valence-electron chi connectivity index (χ4n) is 1.73. The van der Waals surface area contributed by atoms with Gasteiger partial charge in [-0.1, -0.05) is 51.1 Å². The molecule has 4 N–H and O–H groups in total. The lowest BCUT2D eigenvalue weighted by atomic mass is 9.67. The molecule has 0 aliphatic rings. The minimum Gasteiger partial charge on any atom is -0.481 e. The number of hydrogen-bond acceptors (Lipinski definition) is 5. The molecule has 0 aliphatic carbocycles. The molecule has 25 heavy (non-hydrogen) atoms. The second-order valence-electron chi connectivity index (χ2n) is 6.96. The highest BCUT2D eigenvalue weighted by atomic mass is 32.2. The zero-order chi connectivity index (χ0) is 19.9. The van der Waals surface area contributed by atoms with Gasteiger partial charge in [0.2, 0.25) is 0 Å². The van der Waals surface area contributed by atoms with Crippen molar-refractivity contribution in [3.63, 3.8) is 0 Å². The van der Waals surface area contributed by atoms with Crippen LogP contribution in [-0.2, 0) is 24.8 Å². The average molecular weight is 372 g/mol. The van der Waals surface area contributed by atoms with Crippen molar-refractivity contribution in [1.29, 1.82) is 5.41 Å². The second kappa shape index (κ2) is 8.96. The van der Waals surface area contributed by atoms with E-state index in [0.717, 1.165) is 6.92 Å². The Morgan fingerprint density at radius 2 is 1.64 bits per heavy atom. The molecule has 0 radical (unpaired) electrons. The van der Waals surface area contributed by atoms with Crippen molar-refractivity contribution in [3.05, 3.63) is 35.9 Å². The lowest BCUT2D eigenvalue weighted by molar-refractivity contribution is -0.134. The van der Waals surface area contributed by atoms with E-state index < -0.39 is 21.5 Å². The molecule has 1 aromatic carbocycles. The highest BCUT2D eigenvalue weighted by Crippen LogP contribution is 2.38. The molecule has 0 bridgehead atoms. The molecule has 0 fully saturated rings. The van der Waals surface area contributed by atoms with Crippen LogP contribution in [0.2, 0.25) is 0 Å². The second-order valence-corrected chi connectivity index (χ2v) is 8.60. The molecule has 142 valence electrons. The van der Waals surface area contributed by atoms with E-state index in [0.29, 0.717) is 5.56 Å². The van der Waals surface area contributed by atoms with Crippen LogP contribution in [0.4, 0.5) is 0 Å². The Kier molecular flexibility index (Phi) is 8.27. The first-order valence-electron chi connectivity index (χ1n) is 7.66. The molecule has 0 aliphatic heterocycles. The number of hydrogen-bond donors (Lipinski definition) is 3. The van der Waals surface area contributed by atoms with Crippen LogP contribution in [0.15, 0.2) is 30.3 Å². The maximum atomic E-state index is 12.1. The van der Waals surface area contributed by atoms with Gasteiger partial charge in [-0.3, -0.25) is 14.4 Å². The van der Waals surface area contributed by atoms with E-state index in [9.17, 15) is 8.42 Å². The Morgan fingerprint density at radius 1 is 1.20 bits per heavy atom. The van der Waals surface area contributed by atoms with Crippen LogP contribution in [0.5, 0.6) is 0 Å². The van der Waals surface area contributed by atoms with Gasteiger partial charge in [-0.2, -0.15) is 8.42 Å². The van der Waals surface area contributed by atoms with E-state index in [1.165, 1.54) is 0 Å². The van der Waals surface area contributed by atoms with Gasteiger partial charge in [0.25, 0.3) is 16.1 Å². The third kappa shape index (κ3) is 8.13. The van der Waals surface area contributed by atoms with Crippen LogP contribution >= 0.6 is 0 Å². The number of amidine groups is 1. The third-order valence-electron chi connectivity index (χ3n) is 3.96. The standard InChI is InChI=1S/C15H24N2O3S.C2H4O2/c1-14(2,3)15(4,13(16)17)11-20-21(18,19)10-12-8-6-5-7-9-12;1-2(3)4/h5-9H,10-11H2,1-4H3,(H3,16,17);1H3,(H,3,4). The first-order valence-corrected chi connectivity index (χ1v) is 9.24. The molecule has 1 aromatic rings. The fraction of sp³-hybridized carbons (Fsp3) is 0.529. The number of carbonyl (C=O) groups is 1. The summed E-state index contributed by atoms with van der Waals surface area (Å²) in [5.74, 6) is -1.10. The number of rotatable bonds is 6. The predicted octanol–water partition coefficient (Wildman–Crippen LogP) is 2.61. The van der Waals surface area contributed by atoms with Crippen molar-refractivity contribution in [3.8, 4) is 0 Å². The van der Waals surface area contributed by atoms with E-state index in [4.69, 9.17) is 25.2 Å². The van der Waals surface area contributed by atoms with Gasteiger partial charge in [-0.15, -0.1) is 0 Å². The third-order valence-corrected chi connectivity index (χ3v) is 5.13. The Hall–Kier alpha value is -1.93. The Balaban J connectivity index is 0.00000129. The zero-order valence-electron chi connectivity index (χ0n) is 15.4. The average Bonchev–Trinajstić information content (AvgIpc) is 2.43. The Labute approximate surface area is 149 Å². The number of nitrogens with one attached hydrogen (secondary N) is 1. The maximum absolute atomic E-state index is 12.1. The Bertz CT molecular complexity index is 677. The molecule has 1 unspecified atom stereocenters. The first-order chi connectivity index (χ1) is 11.2. The molecule has 0 saturated carbocycles. The van der Waals surface area contributed by atoms with Gasteiger partial charge in [-0.05, 0) is 17.9 Å². The summed E-state index contributed by atoms with van der Waals surface area (Å²) in [6.07, 6.45) is 0. The fourth-order valence-corrected chi connectivity index (χ4v) is 2.83. The quantitative estimate of drug-likeness (QED) is 0.400. The summed E-state index contributed by atoms with van der Waals surface area (Å²) < 4.78 is 29.3. The lowest BCUT2D eigenvalue weighted by Gasteiger charge is -2.40. The van der Waals surface area contributed by atoms with E-state index >= 15 is 0 Å². The monoisotopic (exact) mass is 372 g/mol. The van der Waals surface area contributed by atoms with Gasteiger partial charge in [-0.25, -0.2) is 0 Å². The van der Waals surface area contributed by atoms with Crippen molar-refractivity contribution >= 4 is 21.9 Å². The van der Waals surface area contributed by atoms with Gasteiger partial charge in [0.05, 0.1) is 17.9 Å². The minimum absolute atomic E-state index is 0.0788. The smallest absolute Gasteiger partial charge is 0.300 e. The van der Waals surface area contributed by atoms with E-state index in [1.807, 2.05) is 26.8 Å². The summed E-state index contributed by atoms with van der Waals surface area (Å²) >= 11 is 0. The number of carboxylic acids is 1.